The second-order valence-corrected chi connectivity index (χ2v) is 8.19. The van der Waals surface area contributed by atoms with Gasteiger partial charge in [0.15, 0.2) is 0 Å². The van der Waals surface area contributed by atoms with Gasteiger partial charge in [0.2, 0.25) is 11.8 Å². The van der Waals surface area contributed by atoms with Crippen molar-refractivity contribution in [3.63, 3.8) is 0 Å². The van der Waals surface area contributed by atoms with E-state index in [1.54, 1.807) is 4.90 Å². The lowest BCUT2D eigenvalue weighted by Gasteiger charge is -2.34. The SMILES string of the molecule is Cc1ccccc1CN1CCN(CC(=O)Nc2ccccc2N2CCCC2=O)CC1. The number of aryl methyl sites for hydroxylation is 1. The van der Waals surface area contributed by atoms with E-state index in [1.807, 2.05) is 24.3 Å². The van der Waals surface area contributed by atoms with E-state index in [0.29, 0.717) is 19.5 Å². The molecule has 2 aromatic carbocycles. The van der Waals surface area contributed by atoms with Crippen LogP contribution < -0.4 is 10.2 Å². The number of nitrogens with zero attached hydrogens (tertiary/aromatic N) is 3. The highest BCUT2D eigenvalue weighted by molar-refractivity contribution is 6.02. The van der Waals surface area contributed by atoms with Gasteiger partial charge in [0, 0.05) is 45.7 Å². The molecule has 2 heterocycles. The minimum Gasteiger partial charge on any atom is -0.323 e. The summed E-state index contributed by atoms with van der Waals surface area (Å²) in [5.74, 6) is 0.0999. The van der Waals surface area contributed by atoms with E-state index < -0.39 is 0 Å². The number of benzene rings is 2. The van der Waals surface area contributed by atoms with Gasteiger partial charge in [0.25, 0.3) is 0 Å². The van der Waals surface area contributed by atoms with Crippen LogP contribution in [0.15, 0.2) is 48.5 Å². The molecule has 0 spiro atoms. The maximum atomic E-state index is 12.7. The Hall–Kier alpha value is -2.70. The molecule has 0 unspecified atom stereocenters. The first-order valence-electron chi connectivity index (χ1n) is 10.8. The summed E-state index contributed by atoms with van der Waals surface area (Å²) in [6, 6.07) is 16.1. The van der Waals surface area contributed by atoms with Crippen molar-refractivity contribution < 1.29 is 9.59 Å². The van der Waals surface area contributed by atoms with E-state index in [9.17, 15) is 9.59 Å². The zero-order valence-electron chi connectivity index (χ0n) is 17.6. The first kappa shape index (κ1) is 20.6. The fourth-order valence-corrected chi connectivity index (χ4v) is 4.24. The van der Waals surface area contributed by atoms with Crippen molar-refractivity contribution in [1.82, 2.24) is 9.80 Å². The van der Waals surface area contributed by atoms with Crippen molar-refractivity contribution in [2.24, 2.45) is 0 Å². The van der Waals surface area contributed by atoms with E-state index >= 15 is 0 Å². The topological polar surface area (TPSA) is 55.9 Å². The average molecular weight is 407 g/mol. The number of rotatable bonds is 6. The predicted molar refractivity (Wildman–Crippen MR) is 120 cm³/mol. The summed E-state index contributed by atoms with van der Waals surface area (Å²) in [5.41, 5.74) is 4.22. The predicted octanol–water partition coefficient (Wildman–Crippen LogP) is 2.88. The van der Waals surface area contributed by atoms with Gasteiger partial charge >= 0.3 is 0 Å². The second-order valence-electron chi connectivity index (χ2n) is 8.19. The molecule has 158 valence electrons. The third-order valence-corrected chi connectivity index (χ3v) is 6.03. The van der Waals surface area contributed by atoms with Crippen molar-refractivity contribution in [3.8, 4) is 0 Å². The highest BCUT2D eigenvalue weighted by Crippen LogP contribution is 2.29. The summed E-state index contributed by atoms with van der Waals surface area (Å²) in [4.78, 5) is 31.2. The average Bonchev–Trinajstić information content (AvgIpc) is 3.17. The third kappa shape index (κ3) is 4.89. The van der Waals surface area contributed by atoms with Crippen LogP contribution in [0.25, 0.3) is 0 Å². The molecule has 0 bridgehead atoms. The molecule has 2 saturated heterocycles. The lowest BCUT2D eigenvalue weighted by atomic mass is 10.1. The van der Waals surface area contributed by atoms with Crippen LogP contribution in [0.2, 0.25) is 0 Å². The first-order valence-corrected chi connectivity index (χ1v) is 10.8. The fraction of sp³-hybridized carbons (Fsp3) is 0.417. The van der Waals surface area contributed by atoms with Crippen LogP contribution in [0.1, 0.15) is 24.0 Å². The summed E-state index contributed by atoms with van der Waals surface area (Å²) in [7, 11) is 0. The number of para-hydroxylation sites is 2. The summed E-state index contributed by atoms with van der Waals surface area (Å²) in [6.07, 6.45) is 1.45. The second kappa shape index (κ2) is 9.41. The third-order valence-electron chi connectivity index (χ3n) is 6.03. The molecule has 0 saturated carbocycles. The largest absolute Gasteiger partial charge is 0.323 e. The van der Waals surface area contributed by atoms with Gasteiger partial charge in [-0.1, -0.05) is 36.4 Å². The van der Waals surface area contributed by atoms with E-state index in [-0.39, 0.29) is 11.8 Å². The smallest absolute Gasteiger partial charge is 0.238 e. The van der Waals surface area contributed by atoms with Crippen molar-refractivity contribution in [3.05, 3.63) is 59.7 Å². The molecule has 4 rings (SSSR count). The van der Waals surface area contributed by atoms with Crippen molar-refractivity contribution >= 4 is 23.2 Å². The normalized spacial score (nSPS) is 18.0. The van der Waals surface area contributed by atoms with Crippen LogP contribution >= 0.6 is 0 Å². The fourth-order valence-electron chi connectivity index (χ4n) is 4.24. The summed E-state index contributed by atoms with van der Waals surface area (Å²) >= 11 is 0. The maximum absolute atomic E-state index is 12.7. The molecule has 1 N–H and O–H groups in total. The number of carbonyl (C=O) groups is 2. The number of amides is 2. The Labute approximate surface area is 178 Å². The number of nitrogens with one attached hydrogen (secondary N) is 1. The van der Waals surface area contributed by atoms with Gasteiger partial charge in [-0.05, 0) is 36.6 Å². The van der Waals surface area contributed by atoms with Crippen LogP contribution in [0.5, 0.6) is 0 Å². The van der Waals surface area contributed by atoms with Gasteiger partial charge in [-0.15, -0.1) is 0 Å². The standard InChI is InChI=1S/C24H30N4O2/c1-19-7-2-3-8-20(19)17-26-13-15-27(16-14-26)18-23(29)25-21-9-4-5-10-22(21)28-12-6-11-24(28)30/h2-5,7-10H,6,11-18H2,1H3,(H,25,29). The molecule has 2 aromatic rings. The molecule has 0 aromatic heterocycles. The molecule has 0 atom stereocenters. The van der Waals surface area contributed by atoms with Gasteiger partial charge in [0.1, 0.15) is 0 Å². The number of anilines is 2. The molecular formula is C24H30N4O2. The number of piperazine rings is 1. The van der Waals surface area contributed by atoms with Gasteiger partial charge in [-0.3, -0.25) is 19.4 Å². The van der Waals surface area contributed by atoms with Crippen molar-refractivity contribution in [1.29, 1.82) is 0 Å². The molecule has 2 fully saturated rings. The minimum atomic E-state index is -0.0264. The molecular weight excluding hydrogens is 376 g/mol. The Bertz CT molecular complexity index is 906. The van der Waals surface area contributed by atoms with Crippen LogP contribution in [-0.2, 0) is 16.1 Å². The quantitative estimate of drug-likeness (QED) is 0.802. The summed E-state index contributed by atoms with van der Waals surface area (Å²) in [6.45, 7) is 7.89. The molecule has 6 heteroatoms. The maximum Gasteiger partial charge on any atom is 0.238 e. The molecule has 2 aliphatic heterocycles. The molecule has 6 nitrogen and oxygen atoms in total. The summed E-state index contributed by atoms with van der Waals surface area (Å²) < 4.78 is 0. The number of carbonyl (C=O) groups excluding carboxylic acids is 2. The Morgan fingerprint density at radius 2 is 1.63 bits per heavy atom. The molecule has 0 radical (unpaired) electrons. The number of hydrogen-bond donors (Lipinski definition) is 1. The van der Waals surface area contributed by atoms with Crippen LogP contribution in [0.4, 0.5) is 11.4 Å². The molecule has 2 amide bonds. The lowest BCUT2D eigenvalue weighted by molar-refractivity contribution is -0.118. The van der Waals surface area contributed by atoms with Crippen molar-refractivity contribution in [2.45, 2.75) is 26.3 Å². The Balaban J connectivity index is 1.29. The Morgan fingerprint density at radius 1 is 0.933 bits per heavy atom. The van der Waals surface area contributed by atoms with E-state index in [2.05, 4.69) is 46.3 Å². The zero-order chi connectivity index (χ0) is 20.9. The zero-order valence-corrected chi connectivity index (χ0v) is 17.6. The Morgan fingerprint density at radius 3 is 2.37 bits per heavy atom. The van der Waals surface area contributed by atoms with Crippen LogP contribution in [0, 0.1) is 6.92 Å². The molecule has 0 aliphatic carbocycles. The van der Waals surface area contributed by atoms with E-state index in [4.69, 9.17) is 0 Å². The molecule has 2 aliphatic rings. The molecule has 30 heavy (non-hydrogen) atoms. The van der Waals surface area contributed by atoms with Crippen LogP contribution in [0.3, 0.4) is 0 Å². The highest BCUT2D eigenvalue weighted by atomic mass is 16.2. The van der Waals surface area contributed by atoms with Crippen LogP contribution in [-0.4, -0.2) is 60.9 Å². The van der Waals surface area contributed by atoms with Gasteiger partial charge in [-0.25, -0.2) is 0 Å². The van der Waals surface area contributed by atoms with E-state index in [0.717, 1.165) is 50.5 Å². The number of hydrogen-bond acceptors (Lipinski definition) is 4. The van der Waals surface area contributed by atoms with E-state index in [1.165, 1.54) is 11.1 Å². The van der Waals surface area contributed by atoms with Gasteiger partial charge in [-0.2, -0.15) is 0 Å². The first-order chi connectivity index (χ1) is 14.6. The monoisotopic (exact) mass is 406 g/mol. The minimum absolute atomic E-state index is 0.0264. The highest BCUT2D eigenvalue weighted by Gasteiger charge is 2.25. The van der Waals surface area contributed by atoms with Crippen molar-refractivity contribution in [2.75, 3.05) is 49.5 Å². The van der Waals surface area contributed by atoms with Gasteiger partial charge in [0.05, 0.1) is 17.9 Å². The summed E-state index contributed by atoms with van der Waals surface area (Å²) in [5, 5.41) is 3.03. The lowest BCUT2D eigenvalue weighted by Crippen LogP contribution is -2.48. The Kier molecular flexibility index (Phi) is 6.45. The van der Waals surface area contributed by atoms with Gasteiger partial charge < -0.3 is 10.2 Å².